The van der Waals surface area contributed by atoms with E-state index in [-0.39, 0.29) is 28.4 Å². The monoisotopic (exact) mass is 324 g/mol. The second-order valence-corrected chi connectivity index (χ2v) is 6.85. The average Bonchev–Trinajstić information content (AvgIpc) is 2.81. The number of nitrogens with zero attached hydrogens (tertiary/aromatic N) is 1. The minimum atomic E-state index is -3.53. The van der Waals surface area contributed by atoms with Crippen LogP contribution in [0.2, 0.25) is 5.02 Å². The lowest BCUT2D eigenvalue weighted by Crippen LogP contribution is -2.39. The first-order chi connectivity index (χ1) is 8.46. The van der Waals surface area contributed by atoms with E-state index in [0.29, 0.717) is 13.1 Å². The van der Waals surface area contributed by atoms with E-state index in [1.807, 2.05) is 6.92 Å². The maximum atomic E-state index is 12.6. The Morgan fingerprint density at radius 3 is 2.79 bits per heavy atom. The molecule has 0 spiro atoms. The van der Waals surface area contributed by atoms with Crippen LogP contribution in [0.4, 0.5) is 0 Å². The van der Waals surface area contributed by atoms with Gasteiger partial charge in [0, 0.05) is 19.1 Å². The second-order valence-electron chi connectivity index (χ2n) is 4.58. The molecular weight excluding hydrogens is 307 g/mol. The first-order valence-corrected chi connectivity index (χ1v) is 7.76. The van der Waals surface area contributed by atoms with E-state index in [4.69, 9.17) is 17.3 Å². The number of hydrogen-bond acceptors (Lipinski definition) is 3. The predicted octanol–water partition coefficient (Wildman–Crippen LogP) is 2.18. The molecule has 108 valence electrons. The highest BCUT2D eigenvalue weighted by Gasteiger charge is 2.35. The van der Waals surface area contributed by atoms with Gasteiger partial charge in [0.05, 0.1) is 5.02 Å². The molecule has 0 bridgehead atoms. The third-order valence-electron chi connectivity index (χ3n) is 3.27. The van der Waals surface area contributed by atoms with Gasteiger partial charge in [0.1, 0.15) is 4.90 Å². The van der Waals surface area contributed by atoms with Crippen LogP contribution in [0, 0.1) is 6.92 Å². The molecule has 2 rings (SSSR count). The number of halogens is 2. The van der Waals surface area contributed by atoms with Crippen molar-refractivity contribution in [2.45, 2.75) is 30.7 Å². The number of nitrogens with two attached hydrogens (primary N) is 1. The quantitative estimate of drug-likeness (QED) is 0.926. The number of rotatable bonds is 3. The minimum Gasteiger partial charge on any atom is -0.329 e. The summed E-state index contributed by atoms with van der Waals surface area (Å²) >= 11 is 6.01. The Morgan fingerprint density at radius 2 is 2.16 bits per heavy atom. The summed E-state index contributed by atoms with van der Waals surface area (Å²) in [6.45, 7) is 2.72. The van der Waals surface area contributed by atoms with Gasteiger partial charge in [-0.3, -0.25) is 0 Å². The zero-order valence-electron chi connectivity index (χ0n) is 10.7. The Balaban J connectivity index is 0.00000180. The fourth-order valence-corrected chi connectivity index (χ4v) is 4.56. The van der Waals surface area contributed by atoms with Crippen LogP contribution in [-0.2, 0) is 10.0 Å². The molecule has 1 heterocycles. The first-order valence-electron chi connectivity index (χ1n) is 5.95. The molecule has 0 aromatic heterocycles. The highest BCUT2D eigenvalue weighted by Crippen LogP contribution is 2.30. The van der Waals surface area contributed by atoms with Crippen molar-refractivity contribution >= 4 is 34.0 Å². The van der Waals surface area contributed by atoms with Gasteiger partial charge in [0.2, 0.25) is 10.0 Å². The van der Waals surface area contributed by atoms with Gasteiger partial charge in [-0.1, -0.05) is 17.7 Å². The van der Waals surface area contributed by atoms with E-state index in [1.54, 1.807) is 18.2 Å². The summed E-state index contributed by atoms with van der Waals surface area (Å²) in [6.07, 6.45) is 1.67. The number of benzene rings is 1. The van der Waals surface area contributed by atoms with Crippen molar-refractivity contribution in [3.63, 3.8) is 0 Å². The van der Waals surface area contributed by atoms with Crippen LogP contribution in [0.5, 0.6) is 0 Å². The van der Waals surface area contributed by atoms with E-state index in [1.165, 1.54) is 4.31 Å². The summed E-state index contributed by atoms with van der Waals surface area (Å²) in [5, 5.41) is 0.267. The molecule has 1 aliphatic rings. The highest BCUT2D eigenvalue weighted by atomic mass is 35.5. The van der Waals surface area contributed by atoms with E-state index in [0.717, 1.165) is 18.4 Å². The molecule has 1 unspecified atom stereocenters. The van der Waals surface area contributed by atoms with Crippen LogP contribution in [0.3, 0.4) is 0 Å². The Labute approximate surface area is 125 Å². The van der Waals surface area contributed by atoms with Gasteiger partial charge in [-0.15, -0.1) is 12.4 Å². The topological polar surface area (TPSA) is 63.4 Å². The van der Waals surface area contributed by atoms with Crippen LogP contribution in [0.25, 0.3) is 0 Å². The fourth-order valence-electron chi connectivity index (χ4n) is 2.30. The zero-order valence-corrected chi connectivity index (χ0v) is 13.1. The maximum Gasteiger partial charge on any atom is 0.244 e. The van der Waals surface area contributed by atoms with Crippen molar-refractivity contribution in [2.75, 3.05) is 13.1 Å². The molecule has 7 heteroatoms. The summed E-state index contributed by atoms with van der Waals surface area (Å²) < 4.78 is 26.6. The SMILES string of the molecule is Cc1ccc(Cl)c(S(=O)(=O)N2CCCC2CN)c1.Cl. The van der Waals surface area contributed by atoms with Crippen molar-refractivity contribution in [1.29, 1.82) is 0 Å². The smallest absolute Gasteiger partial charge is 0.244 e. The van der Waals surface area contributed by atoms with Gasteiger partial charge < -0.3 is 5.73 Å². The molecule has 19 heavy (non-hydrogen) atoms. The molecule has 1 aromatic rings. The van der Waals surface area contributed by atoms with Crippen LogP contribution in [0.1, 0.15) is 18.4 Å². The molecule has 0 radical (unpaired) electrons. The van der Waals surface area contributed by atoms with Crippen molar-refractivity contribution in [1.82, 2.24) is 4.31 Å². The highest BCUT2D eigenvalue weighted by molar-refractivity contribution is 7.89. The predicted molar refractivity (Wildman–Crippen MR) is 79.4 cm³/mol. The lowest BCUT2D eigenvalue weighted by atomic mass is 10.2. The standard InChI is InChI=1S/C12H17ClN2O2S.ClH/c1-9-4-5-11(13)12(7-9)18(16,17)15-6-2-3-10(15)8-14;/h4-5,7,10H,2-3,6,8,14H2,1H3;1H. The third-order valence-corrected chi connectivity index (χ3v) is 5.70. The Kier molecular flexibility index (Phi) is 5.65. The van der Waals surface area contributed by atoms with Crippen LogP contribution in [0.15, 0.2) is 23.1 Å². The molecule has 1 fully saturated rings. The molecular formula is C12H18Cl2N2O2S. The number of sulfonamides is 1. The Bertz CT molecular complexity index is 549. The molecule has 4 nitrogen and oxygen atoms in total. The lowest BCUT2D eigenvalue weighted by molar-refractivity contribution is 0.393. The molecule has 2 N–H and O–H groups in total. The maximum absolute atomic E-state index is 12.6. The molecule has 1 aromatic carbocycles. The Morgan fingerprint density at radius 1 is 1.47 bits per heavy atom. The van der Waals surface area contributed by atoms with E-state index in [2.05, 4.69) is 0 Å². The largest absolute Gasteiger partial charge is 0.329 e. The summed E-state index contributed by atoms with van der Waals surface area (Å²) in [7, 11) is -3.53. The minimum absolute atomic E-state index is 0. The first kappa shape index (κ1) is 16.7. The lowest BCUT2D eigenvalue weighted by Gasteiger charge is -2.23. The summed E-state index contributed by atoms with van der Waals surface area (Å²) in [5.41, 5.74) is 6.50. The van der Waals surface area contributed by atoms with Gasteiger partial charge in [-0.25, -0.2) is 8.42 Å². The van der Waals surface area contributed by atoms with Crippen molar-refractivity contribution in [3.05, 3.63) is 28.8 Å². The van der Waals surface area contributed by atoms with Gasteiger partial charge in [-0.05, 0) is 37.5 Å². The van der Waals surface area contributed by atoms with Crippen LogP contribution < -0.4 is 5.73 Å². The van der Waals surface area contributed by atoms with Gasteiger partial charge >= 0.3 is 0 Å². The van der Waals surface area contributed by atoms with Crippen molar-refractivity contribution < 1.29 is 8.42 Å². The van der Waals surface area contributed by atoms with Crippen molar-refractivity contribution in [3.8, 4) is 0 Å². The van der Waals surface area contributed by atoms with E-state index in [9.17, 15) is 8.42 Å². The normalized spacial score (nSPS) is 20.3. The second kappa shape index (κ2) is 6.41. The fraction of sp³-hybridized carbons (Fsp3) is 0.500. The molecule has 0 amide bonds. The summed E-state index contributed by atoms with van der Waals surface area (Å²) in [5.74, 6) is 0. The van der Waals surface area contributed by atoms with Gasteiger partial charge in [0.15, 0.2) is 0 Å². The van der Waals surface area contributed by atoms with E-state index >= 15 is 0 Å². The summed E-state index contributed by atoms with van der Waals surface area (Å²) in [6, 6.07) is 4.93. The zero-order chi connectivity index (χ0) is 13.3. The molecule has 1 atom stereocenters. The van der Waals surface area contributed by atoms with E-state index < -0.39 is 10.0 Å². The van der Waals surface area contributed by atoms with Crippen molar-refractivity contribution in [2.24, 2.45) is 5.73 Å². The number of aryl methyl sites for hydroxylation is 1. The molecule has 0 aliphatic carbocycles. The Hall–Kier alpha value is -0.330. The van der Waals surface area contributed by atoms with Gasteiger partial charge in [-0.2, -0.15) is 4.31 Å². The number of hydrogen-bond donors (Lipinski definition) is 1. The van der Waals surface area contributed by atoms with Crippen LogP contribution in [-0.4, -0.2) is 31.9 Å². The summed E-state index contributed by atoms with van der Waals surface area (Å²) in [4.78, 5) is 0.185. The van der Waals surface area contributed by atoms with Gasteiger partial charge in [0.25, 0.3) is 0 Å². The van der Waals surface area contributed by atoms with Crippen LogP contribution >= 0.6 is 24.0 Å². The average molecular weight is 325 g/mol. The third kappa shape index (κ3) is 3.23. The molecule has 1 aliphatic heterocycles. The molecule has 1 saturated heterocycles. The molecule has 0 saturated carbocycles.